The van der Waals surface area contributed by atoms with Crippen LogP contribution in [0.5, 0.6) is 5.75 Å². The Labute approximate surface area is 199 Å². The van der Waals surface area contributed by atoms with E-state index in [1.54, 1.807) is 27.4 Å². The Bertz CT molecular complexity index is 1350. The van der Waals surface area contributed by atoms with Gasteiger partial charge in [-0.3, -0.25) is 14.2 Å². The molecule has 0 fully saturated rings. The van der Waals surface area contributed by atoms with Crippen molar-refractivity contribution in [3.63, 3.8) is 0 Å². The van der Waals surface area contributed by atoms with Crippen LogP contribution in [-0.4, -0.2) is 38.4 Å². The molecule has 0 saturated heterocycles. The van der Waals surface area contributed by atoms with Crippen molar-refractivity contribution in [3.05, 3.63) is 86.5 Å². The number of aromatic nitrogens is 4. The molecule has 1 N–H and O–H groups in total. The molecular weight excluding hydrogens is 465 g/mol. The normalized spacial score (nSPS) is 11.0. The highest BCUT2D eigenvalue weighted by Crippen LogP contribution is 2.27. The largest absolute Gasteiger partial charge is 0.482 e. The maximum Gasteiger partial charge on any atom is 0.264 e. The molecule has 0 radical (unpaired) electrons. The number of carbonyl (C=O) groups excluding carboxylic acids is 1. The summed E-state index contributed by atoms with van der Waals surface area (Å²) in [5.41, 5.74) is 2.48. The molecule has 0 unspecified atom stereocenters. The number of fused-ring (bicyclic) bond motifs is 1. The van der Waals surface area contributed by atoms with Gasteiger partial charge in [0.1, 0.15) is 17.5 Å². The minimum atomic E-state index is -0.314. The van der Waals surface area contributed by atoms with Crippen molar-refractivity contribution in [2.24, 2.45) is 0 Å². The number of benzene rings is 2. The highest BCUT2D eigenvalue weighted by molar-refractivity contribution is 6.35. The second kappa shape index (κ2) is 10.1. The second-order valence-electron chi connectivity index (χ2n) is 7.48. The first kappa shape index (κ1) is 22.8. The lowest BCUT2D eigenvalue weighted by atomic mass is 10.1. The molecule has 4 aromatic rings. The molecule has 10 heteroatoms. The topological polar surface area (TPSA) is 91.0 Å². The summed E-state index contributed by atoms with van der Waals surface area (Å²) >= 11 is 11.9. The van der Waals surface area contributed by atoms with Crippen LogP contribution in [0, 0.1) is 6.92 Å². The van der Waals surface area contributed by atoms with Crippen LogP contribution in [0.1, 0.15) is 11.1 Å². The van der Waals surface area contributed by atoms with Crippen molar-refractivity contribution >= 4 is 40.1 Å². The minimum Gasteiger partial charge on any atom is -0.482 e. The number of ether oxygens (including phenoxy) is 1. The predicted octanol–water partition coefficient (Wildman–Crippen LogP) is 3.45. The fraction of sp³-hybridized carbons (Fsp3) is 0.217. The van der Waals surface area contributed by atoms with E-state index >= 15 is 0 Å². The number of hydrogen-bond donors (Lipinski definition) is 1. The Morgan fingerprint density at radius 2 is 1.94 bits per heavy atom. The molecule has 2 aromatic carbocycles. The first-order valence-electron chi connectivity index (χ1n) is 10.2. The Morgan fingerprint density at radius 1 is 1.15 bits per heavy atom. The Kier molecular flexibility index (Phi) is 6.96. The highest BCUT2D eigenvalue weighted by Gasteiger charge is 2.11. The van der Waals surface area contributed by atoms with Gasteiger partial charge in [-0.25, -0.2) is 9.67 Å². The summed E-state index contributed by atoms with van der Waals surface area (Å²) in [5, 5.41) is 8.24. The van der Waals surface area contributed by atoms with Crippen molar-refractivity contribution in [2.45, 2.75) is 20.0 Å². The second-order valence-corrected chi connectivity index (χ2v) is 8.33. The molecule has 170 valence electrons. The third kappa shape index (κ3) is 5.53. The molecule has 0 aliphatic carbocycles. The zero-order valence-electron chi connectivity index (χ0n) is 17.8. The van der Waals surface area contributed by atoms with Crippen molar-refractivity contribution in [2.75, 3.05) is 13.2 Å². The van der Waals surface area contributed by atoms with Crippen molar-refractivity contribution in [1.29, 1.82) is 0 Å². The monoisotopic (exact) mass is 485 g/mol. The van der Waals surface area contributed by atoms with Gasteiger partial charge in [-0.15, -0.1) is 0 Å². The summed E-state index contributed by atoms with van der Waals surface area (Å²) in [6.07, 6.45) is 3.02. The van der Waals surface area contributed by atoms with E-state index in [-0.39, 0.29) is 18.1 Å². The molecule has 0 saturated carbocycles. The van der Waals surface area contributed by atoms with E-state index in [9.17, 15) is 9.59 Å². The quantitative estimate of drug-likeness (QED) is 0.412. The molecule has 2 aromatic heterocycles. The lowest BCUT2D eigenvalue weighted by Crippen LogP contribution is -2.32. The lowest BCUT2D eigenvalue weighted by Gasteiger charge is -2.09. The summed E-state index contributed by atoms with van der Waals surface area (Å²) < 4.78 is 8.56. The van der Waals surface area contributed by atoms with E-state index in [0.717, 1.165) is 11.1 Å². The number of aryl methyl sites for hydroxylation is 1. The zero-order valence-corrected chi connectivity index (χ0v) is 19.3. The molecule has 0 aliphatic rings. The third-order valence-corrected chi connectivity index (χ3v) is 5.52. The number of hydrogen-bond acceptors (Lipinski definition) is 5. The van der Waals surface area contributed by atoms with E-state index in [1.165, 1.54) is 12.5 Å². The van der Waals surface area contributed by atoms with E-state index in [0.29, 0.717) is 46.5 Å². The average molecular weight is 486 g/mol. The molecule has 0 spiro atoms. The smallest absolute Gasteiger partial charge is 0.264 e. The van der Waals surface area contributed by atoms with Gasteiger partial charge in [0.2, 0.25) is 0 Å². The van der Waals surface area contributed by atoms with Gasteiger partial charge in [0.05, 0.1) is 24.3 Å². The van der Waals surface area contributed by atoms with Gasteiger partial charge in [0.25, 0.3) is 11.5 Å². The van der Waals surface area contributed by atoms with Gasteiger partial charge >= 0.3 is 0 Å². The standard InChI is InChI=1S/C23H21Cl2N5O3/c1-15-2-4-16(5-3-15)12-29-14-27-22-18(23(29)32)11-28-30(22)9-8-26-21(31)13-33-20-7-6-17(24)10-19(20)25/h2-7,10-11,14H,8-9,12-13H2,1H3,(H,26,31). The number of nitrogens with zero attached hydrogens (tertiary/aromatic N) is 4. The summed E-state index contributed by atoms with van der Waals surface area (Å²) in [6, 6.07) is 12.8. The van der Waals surface area contributed by atoms with E-state index in [4.69, 9.17) is 27.9 Å². The van der Waals surface area contributed by atoms with Crippen LogP contribution in [0.2, 0.25) is 10.0 Å². The van der Waals surface area contributed by atoms with E-state index in [1.807, 2.05) is 31.2 Å². The van der Waals surface area contributed by atoms with Gasteiger partial charge in [0, 0.05) is 11.6 Å². The molecule has 0 aliphatic heterocycles. The molecule has 0 atom stereocenters. The van der Waals surface area contributed by atoms with Crippen molar-refractivity contribution < 1.29 is 9.53 Å². The van der Waals surface area contributed by atoms with Gasteiger partial charge in [-0.05, 0) is 30.7 Å². The van der Waals surface area contributed by atoms with Crippen molar-refractivity contribution in [3.8, 4) is 5.75 Å². The fourth-order valence-corrected chi connectivity index (χ4v) is 3.71. The summed E-state index contributed by atoms with van der Waals surface area (Å²) in [6.45, 7) is 2.90. The van der Waals surface area contributed by atoms with Gasteiger partial charge in [-0.2, -0.15) is 5.10 Å². The average Bonchev–Trinajstić information content (AvgIpc) is 3.20. The molecule has 1 amide bonds. The lowest BCUT2D eigenvalue weighted by molar-refractivity contribution is -0.123. The molecule has 0 bridgehead atoms. The molecule has 4 rings (SSSR count). The fourth-order valence-electron chi connectivity index (χ4n) is 3.25. The number of carbonyl (C=O) groups is 1. The van der Waals surface area contributed by atoms with E-state index in [2.05, 4.69) is 15.4 Å². The van der Waals surface area contributed by atoms with Crippen LogP contribution in [0.4, 0.5) is 0 Å². The zero-order chi connectivity index (χ0) is 23.4. The van der Waals surface area contributed by atoms with Crippen LogP contribution >= 0.6 is 23.2 Å². The van der Waals surface area contributed by atoms with Gasteiger partial charge < -0.3 is 10.1 Å². The maximum atomic E-state index is 12.8. The number of amides is 1. The van der Waals surface area contributed by atoms with Crippen LogP contribution in [0.3, 0.4) is 0 Å². The van der Waals surface area contributed by atoms with Gasteiger partial charge in [0.15, 0.2) is 12.3 Å². The molecule has 2 heterocycles. The van der Waals surface area contributed by atoms with Crippen LogP contribution < -0.4 is 15.6 Å². The summed E-state index contributed by atoms with van der Waals surface area (Å²) in [4.78, 5) is 29.3. The molecular formula is C23H21Cl2N5O3. The minimum absolute atomic E-state index is 0.163. The Morgan fingerprint density at radius 3 is 2.70 bits per heavy atom. The van der Waals surface area contributed by atoms with Crippen LogP contribution in [-0.2, 0) is 17.9 Å². The summed E-state index contributed by atoms with van der Waals surface area (Å²) in [7, 11) is 0. The number of halogens is 2. The highest BCUT2D eigenvalue weighted by atomic mass is 35.5. The Hall–Kier alpha value is -3.36. The first-order valence-corrected chi connectivity index (χ1v) is 11.0. The number of nitrogens with one attached hydrogen (secondary N) is 1. The third-order valence-electron chi connectivity index (χ3n) is 4.99. The molecule has 33 heavy (non-hydrogen) atoms. The first-order chi connectivity index (χ1) is 15.9. The predicted molar refractivity (Wildman–Crippen MR) is 127 cm³/mol. The Balaban J connectivity index is 1.34. The SMILES string of the molecule is Cc1ccc(Cn2cnc3c(cnn3CCNC(=O)COc3ccc(Cl)cc3Cl)c2=O)cc1. The molecule has 8 nitrogen and oxygen atoms in total. The van der Waals surface area contributed by atoms with Crippen LogP contribution in [0.15, 0.2) is 59.8 Å². The summed E-state index contributed by atoms with van der Waals surface area (Å²) in [5.74, 6) is 0.0614. The van der Waals surface area contributed by atoms with Crippen LogP contribution in [0.25, 0.3) is 11.0 Å². The van der Waals surface area contributed by atoms with E-state index < -0.39 is 0 Å². The van der Waals surface area contributed by atoms with Crippen molar-refractivity contribution in [1.82, 2.24) is 24.6 Å². The maximum absolute atomic E-state index is 12.8. The van der Waals surface area contributed by atoms with Gasteiger partial charge in [-0.1, -0.05) is 53.0 Å². The number of rotatable bonds is 8.